The molecule has 0 radical (unpaired) electrons. The molecule has 0 heterocycles. The molecule has 2 rings (SSSR count). The van der Waals surface area contributed by atoms with E-state index in [2.05, 4.69) is 41.4 Å². The van der Waals surface area contributed by atoms with Crippen molar-refractivity contribution in [3.05, 3.63) is 35.4 Å². The number of ether oxygens (including phenoxy) is 1. The molecule has 18 heavy (non-hydrogen) atoms. The summed E-state index contributed by atoms with van der Waals surface area (Å²) in [5.74, 6) is 0.158. The average Bonchev–Trinajstić information content (AvgIpc) is 3.10. The monoisotopic (exact) mass is 246 g/mol. The molecule has 96 valence electrons. The molecule has 4 nitrogen and oxygen atoms in total. The van der Waals surface area contributed by atoms with Gasteiger partial charge in [-0.25, -0.2) is 4.79 Å². The third kappa shape index (κ3) is 3.39. The van der Waals surface area contributed by atoms with Gasteiger partial charge in [-0.05, 0) is 25.8 Å². The molecule has 2 atom stereocenters. The highest BCUT2D eigenvalue weighted by Gasteiger charge is 2.38. The van der Waals surface area contributed by atoms with Crippen LogP contribution in [-0.4, -0.2) is 25.2 Å². The van der Waals surface area contributed by atoms with E-state index in [0.29, 0.717) is 12.5 Å². The van der Waals surface area contributed by atoms with Gasteiger partial charge in [0, 0.05) is 5.92 Å². The predicted molar refractivity (Wildman–Crippen MR) is 68.7 cm³/mol. The SMILES string of the molecule is CCOC(=O)CN=N[C@H]1C[C@H]1c1ccc(C)cc1. The minimum Gasteiger partial charge on any atom is -0.465 e. The lowest BCUT2D eigenvalue weighted by Gasteiger charge is -1.98. The highest BCUT2D eigenvalue weighted by molar-refractivity contribution is 5.71. The van der Waals surface area contributed by atoms with Crippen LogP contribution in [0, 0.1) is 6.92 Å². The van der Waals surface area contributed by atoms with Crippen molar-refractivity contribution in [2.24, 2.45) is 10.2 Å². The van der Waals surface area contributed by atoms with Crippen molar-refractivity contribution in [1.82, 2.24) is 0 Å². The van der Waals surface area contributed by atoms with Crippen molar-refractivity contribution in [3.8, 4) is 0 Å². The number of nitrogens with zero attached hydrogens (tertiary/aromatic N) is 2. The maximum Gasteiger partial charge on any atom is 0.329 e. The van der Waals surface area contributed by atoms with Crippen LogP contribution in [0.25, 0.3) is 0 Å². The van der Waals surface area contributed by atoms with Crippen LogP contribution in [0.5, 0.6) is 0 Å². The Balaban J connectivity index is 1.79. The lowest BCUT2D eigenvalue weighted by atomic mass is 10.1. The predicted octanol–water partition coefficient (Wildman–Crippen LogP) is 2.87. The van der Waals surface area contributed by atoms with Gasteiger partial charge in [-0.15, -0.1) is 0 Å². The van der Waals surface area contributed by atoms with Crippen LogP contribution < -0.4 is 0 Å². The molecule has 1 aliphatic rings. The van der Waals surface area contributed by atoms with E-state index >= 15 is 0 Å². The molecular weight excluding hydrogens is 228 g/mol. The molecule has 0 N–H and O–H groups in total. The second-order valence-corrected chi connectivity index (χ2v) is 4.54. The summed E-state index contributed by atoms with van der Waals surface area (Å²) in [5, 5.41) is 8.06. The van der Waals surface area contributed by atoms with Crippen LogP contribution in [0.2, 0.25) is 0 Å². The van der Waals surface area contributed by atoms with E-state index < -0.39 is 0 Å². The first kappa shape index (κ1) is 12.7. The van der Waals surface area contributed by atoms with Gasteiger partial charge in [0.2, 0.25) is 0 Å². The van der Waals surface area contributed by atoms with Gasteiger partial charge in [0.05, 0.1) is 12.6 Å². The molecule has 1 aromatic carbocycles. The van der Waals surface area contributed by atoms with Crippen LogP contribution in [0.3, 0.4) is 0 Å². The Kier molecular flexibility index (Phi) is 4.07. The maximum atomic E-state index is 11.1. The summed E-state index contributed by atoms with van der Waals surface area (Å²) in [6.07, 6.45) is 1.02. The zero-order chi connectivity index (χ0) is 13.0. The molecule has 0 unspecified atom stereocenters. The molecule has 0 aliphatic heterocycles. The maximum absolute atomic E-state index is 11.1. The molecule has 1 fully saturated rings. The number of carbonyl (C=O) groups excluding carboxylic acids is 1. The molecule has 0 aromatic heterocycles. The van der Waals surface area contributed by atoms with E-state index in [1.807, 2.05) is 0 Å². The van der Waals surface area contributed by atoms with Gasteiger partial charge in [0.25, 0.3) is 0 Å². The Morgan fingerprint density at radius 1 is 1.39 bits per heavy atom. The highest BCUT2D eigenvalue weighted by Crippen LogP contribution is 2.43. The quantitative estimate of drug-likeness (QED) is 0.592. The third-order valence-electron chi connectivity index (χ3n) is 3.00. The van der Waals surface area contributed by atoms with Crippen LogP contribution >= 0.6 is 0 Å². The first-order valence-corrected chi connectivity index (χ1v) is 6.29. The van der Waals surface area contributed by atoms with Crippen LogP contribution in [0.1, 0.15) is 30.4 Å². The standard InChI is InChI=1S/C14H18N2O2/c1-3-18-14(17)9-15-16-13-8-12(13)11-6-4-10(2)5-7-11/h4-7,12-13H,3,8-9H2,1-2H3/t12-,13-/m0/s1. The average molecular weight is 246 g/mol. The van der Waals surface area contributed by atoms with Crippen LogP contribution in [-0.2, 0) is 9.53 Å². The zero-order valence-electron chi connectivity index (χ0n) is 10.8. The Bertz CT molecular complexity index is 440. The molecule has 1 aliphatic carbocycles. The fourth-order valence-electron chi connectivity index (χ4n) is 1.89. The number of carbonyl (C=O) groups is 1. The molecule has 0 saturated heterocycles. The number of azo groups is 1. The lowest BCUT2D eigenvalue weighted by molar-refractivity contribution is -0.141. The smallest absolute Gasteiger partial charge is 0.329 e. The first-order valence-electron chi connectivity index (χ1n) is 6.29. The summed E-state index contributed by atoms with van der Waals surface area (Å²) >= 11 is 0. The van der Waals surface area contributed by atoms with Crippen LogP contribution in [0.15, 0.2) is 34.5 Å². The van der Waals surface area contributed by atoms with E-state index in [1.54, 1.807) is 6.92 Å². The number of aryl methyl sites for hydroxylation is 1. The number of benzene rings is 1. The molecule has 1 saturated carbocycles. The van der Waals surface area contributed by atoms with E-state index in [1.165, 1.54) is 11.1 Å². The fourth-order valence-corrected chi connectivity index (χ4v) is 1.89. The minimum absolute atomic E-state index is 0.0327. The summed E-state index contributed by atoms with van der Waals surface area (Å²) in [4.78, 5) is 11.1. The summed E-state index contributed by atoms with van der Waals surface area (Å²) in [7, 11) is 0. The second-order valence-electron chi connectivity index (χ2n) is 4.54. The van der Waals surface area contributed by atoms with Gasteiger partial charge >= 0.3 is 5.97 Å². The molecule has 0 amide bonds. The number of esters is 1. The van der Waals surface area contributed by atoms with Crippen molar-refractivity contribution in [1.29, 1.82) is 0 Å². The highest BCUT2D eigenvalue weighted by atomic mass is 16.5. The van der Waals surface area contributed by atoms with E-state index in [-0.39, 0.29) is 18.6 Å². The van der Waals surface area contributed by atoms with Crippen molar-refractivity contribution in [2.45, 2.75) is 32.2 Å². The van der Waals surface area contributed by atoms with E-state index in [0.717, 1.165) is 6.42 Å². The van der Waals surface area contributed by atoms with E-state index in [9.17, 15) is 4.79 Å². The molecular formula is C14H18N2O2. The topological polar surface area (TPSA) is 51.0 Å². The third-order valence-corrected chi connectivity index (χ3v) is 3.00. The van der Waals surface area contributed by atoms with Gasteiger partial charge in [0.1, 0.15) is 0 Å². The van der Waals surface area contributed by atoms with Crippen molar-refractivity contribution in [2.75, 3.05) is 13.2 Å². The largest absolute Gasteiger partial charge is 0.465 e. The molecule has 4 heteroatoms. The van der Waals surface area contributed by atoms with Gasteiger partial charge in [-0.3, -0.25) is 0 Å². The van der Waals surface area contributed by atoms with Crippen molar-refractivity contribution >= 4 is 5.97 Å². The second kappa shape index (κ2) is 5.76. The van der Waals surface area contributed by atoms with Gasteiger partial charge in [0.15, 0.2) is 6.54 Å². The minimum atomic E-state index is -0.311. The molecule has 0 spiro atoms. The Hall–Kier alpha value is -1.71. The Labute approximate surface area is 107 Å². The Morgan fingerprint density at radius 3 is 2.78 bits per heavy atom. The fraction of sp³-hybridized carbons (Fsp3) is 0.500. The van der Waals surface area contributed by atoms with E-state index in [4.69, 9.17) is 4.74 Å². The van der Waals surface area contributed by atoms with Gasteiger partial charge < -0.3 is 4.74 Å². The zero-order valence-corrected chi connectivity index (χ0v) is 10.8. The normalized spacial score (nSPS) is 22.1. The number of hydrogen-bond donors (Lipinski definition) is 0. The van der Waals surface area contributed by atoms with Crippen LogP contribution in [0.4, 0.5) is 0 Å². The molecule has 0 bridgehead atoms. The summed E-state index contributed by atoms with van der Waals surface area (Å²) < 4.78 is 4.78. The summed E-state index contributed by atoms with van der Waals surface area (Å²) in [6, 6.07) is 8.74. The molecule has 1 aromatic rings. The van der Waals surface area contributed by atoms with Crippen molar-refractivity contribution < 1.29 is 9.53 Å². The van der Waals surface area contributed by atoms with Crippen molar-refractivity contribution in [3.63, 3.8) is 0 Å². The first-order chi connectivity index (χ1) is 8.70. The number of rotatable bonds is 5. The Morgan fingerprint density at radius 2 is 2.11 bits per heavy atom. The van der Waals surface area contributed by atoms with Gasteiger partial charge in [-0.1, -0.05) is 29.8 Å². The summed E-state index contributed by atoms with van der Waals surface area (Å²) in [5.41, 5.74) is 2.57. The number of hydrogen-bond acceptors (Lipinski definition) is 4. The van der Waals surface area contributed by atoms with Gasteiger partial charge in [-0.2, -0.15) is 10.2 Å². The summed E-state index contributed by atoms with van der Waals surface area (Å²) in [6.45, 7) is 4.28. The lowest BCUT2D eigenvalue weighted by Crippen LogP contribution is -2.07.